The molecule has 3 unspecified atom stereocenters. The third-order valence-electron chi connectivity index (χ3n) is 4.82. The van der Waals surface area contributed by atoms with Crippen LogP contribution >= 0.6 is 0 Å². The molecule has 0 amide bonds. The van der Waals surface area contributed by atoms with Crippen LogP contribution in [-0.2, 0) is 0 Å². The van der Waals surface area contributed by atoms with Crippen LogP contribution in [-0.4, -0.2) is 61.7 Å². The molecule has 3 atom stereocenters. The molecule has 2 saturated heterocycles. The molecule has 2 rings (SSSR count). The standard InChI is InChI=1S/C15H31N3/c1-13(11-14-7-4-5-9-16-14)18-10-6-8-15(12-18)17(2)3/h13-16H,4-12H2,1-3H3. The summed E-state index contributed by atoms with van der Waals surface area (Å²) in [4.78, 5) is 5.11. The van der Waals surface area contributed by atoms with E-state index in [0.29, 0.717) is 0 Å². The van der Waals surface area contributed by atoms with Gasteiger partial charge in [-0.25, -0.2) is 0 Å². The zero-order chi connectivity index (χ0) is 13.0. The Kier molecular flexibility index (Phi) is 5.46. The van der Waals surface area contributed by atoms with Gasteiger partial charge in [-0.15, -0.1) is 0 Å². The molecule has 2 fully saturated rings. The maximum Gasteiger partial charge on any atom is 0.0217 e. The Morgan fingerprint density at radius 1 is 1.22 bits per heavy atom. The highest BCUT2D eigenvalue weighted by atomic mass is 15.2. The van der Waals surface area contributed by atoms with E-state index < -0.39 is 0 Å². The first kappa shape index (κ1) is 14.3. The van der Waals surface area contributed by atoms with Crippen molar-refractivity contribution in [1.82, 2.24) is 15.1 Å². The average Bonchev–Trinajstić information content (AvgIpc) is 2.40. The van der Waals surface area contributed by atoms with Crippen molar-refractivity contribution < 1.29 is 0 Å². The lowest BCUT2D eigenvalue weighted by Crippen LogP contribution is -2.50. The van der Waals surface area contributed by atoms with Crippen molar-refractivity contribution in [2.45, 2.75) is 63.6 Å². The van der Waals surface area contributed by atoms with E-state index in [2.05, 4.69) is 36.1 Å². The molecule has 0 aromatic rings. The Bertz CT molecular complexity index is 236. The van der Waals surface area contributed by atoms with Crippen LogP contribution in [0.25, 0.3) is 0 Å². The van der Waals surface area contributed by atoms with Crippen LogP contribution in [0.4, 0.5) is 0 Å². The molecule has 2 heterocycles. The first-order valence-corrected chi connectivity index (χ1v) is 7.80. The molecule has 0 aromatic carbocycles. The van der Waals surface area contributed by atoms with E-state index in [1.54, 1.807) is 0 Å². The fourth-order valence-corrected chi connectivity index (χ4v) is 3.49. The lowest BCUT2D eigenvalue weighted by Gasteiger charge is -2.40. The summed E-state index contributed by atoms with van der Waals surface area (Å²) in [6.07, 6.45) is 8.25. The average molecular weight is 253 g/mol. The topological polar surface area (TPSA) is 18.5 Å². The predicted molar refractivity (Wildman–Crippen MR) is 78.0 cm³/mol. The smallest absolute Gasteiger partial charge is 0.0217 e. The highest BCUT2D eigenvalue weighted by Crippen LogP contribution is 2.20. The lowest BCUT2D eigenvalue weighted by atomic mass is 9.96. The molecule has 0 aliphatic carbocycles. The molecule has 0 saturated carbocycles. The van der Waals surface area contributed by atoms with E-state index >= 15 is 0 Å². The first-order chi connectivity index (χ1) is 8.66. The van der Waals surface area contributed by atoms with Gasteiger partial charge in [-0.05, 0) is 66.2 Å². The minimum atomic E-state index is 0.739. The van der Waals surface area contributed by atoms with Gasteiger partial charge in [0.25, 0.3) is 0 Å². The van der Waals surface area contributed by atoms with Crippen LogP contribution in [0.5, 0.6) is 0 Å². The van der Waals surface area contributed by atoms with Gasteiger partial charge in [0, 0.05) is 24.7 Å². The van der Waals surface area contributed by atoms with E-state index in [9.17, 15) is 0 Å². The first-order valence-electron chi connectivity index (χ1n) is 7.80. The maximum absolute atomic E-state index is 3.69. The fourth-order valence-electron chi connectivity index (χ4n) is 3.49. The number of piperidine rings is 2. The molecule has 1 N–H and O–H groups in total. The molecule has 0 radical (unpaired) electrons. The van der Waals surface area contributed by atoms with Crippen molar-refractivity contribution in [3.05, 3.63) is 0 Å². The summed E-state index contributed by atoms with van der Waals surface area (Å²) in [6.45, 7) is 6.23. The van der Waals surface area contributed by atoms with E-state index in [1.807, 2.05) is 0 Å². The lowest BCUT2D eigenvalue weighted by molar-refractivity contribution is 0.0922. The van der Waals surface area contributed by atoms with Crippen LogP contribution < -0.4 is 5.32 Å². The number of rotatable bonds is 4. The van der Waals surface area contributed by atoms with Gasteiger partial charge in [0.05, 0.1) is 0 Å². The second kappa shape index (κ2) is 6.88. The number of likely N-dealkylation sites (N-methyl/N-ethyl adjacent to an activating group) is 1. The van der Waals surface area contributed by atoms with Gasteiger partial charge in [0.1, 0.15) is 0 Å². The van der Waals surface area contributed by atoms with Crippen molar-refractivity contribution in [3.8, 4) is 0 Å². The Morgan fingerprint density at radius 3 is 2.72 bits per heavy atom. The monoisotopic (exact) mass is 253 g/mol. The molecule has 2 aliphatic heterocycles. The normalized spacial score (nSPS) is 32.7. The minimum Gasteiger partial charge on any atom is -0.314 e. The Morgan fingerprint density at radius 2 is 2.06 bits per heavy atom. The van der Waals surface area contributed by atoms with Gasteiger partial charge in [-0.3, -0.25) is 4.90 Å². The second-order valence-corrected chi connectivity index (χ2v) is 6.49. The number of likely N-dealkylation sites (tertiary alicyclic amines) is 1. The van der Waals surface area contributed by atoms with Crippen molar-refractivity contribution in [2.24, 2.45) is 0 Å². The van der Waals surface area contributed by atoms with Crippen molar-refractivity contribution in [1.29, 1.82) is 0 Å². The predicted octanol–water partition coefficient (Wildman–Crippen LogP) is 1.93. The zero-order valence-electron chi connectivity index (χ0n) is 12.5. The quantitative estimate of drug-likeness (QED) is 0.826. The number of hydrogen-bond donors (Lipinski definition) is 1. The third kappa shape index (κ3) is 3.94. The molecule has 0 bridgehead atoms. The molecule has 3 heteroatoms. The summed E-state index contributed by atoms with van der Waals surface area (Å²) in [5.74, 6) is 0. The third-order valence-corrected chi connectivity index (χ3v) is 4.82. The zero-order valence-corrected chi connectivity index (χ0v) is 12.5. The Hall–Kier alpha value is -0.120. The van der Waals surface area contributed by atoms with Crippen LogP contribution in [0.2, 0.25) is 0 Å². The Balaban J connectivity index is 1.78. The van der Waals surface area contributed by atoms with Crippen LogP contribution in [0, 0.1) is 0 Å². The minimum absolute atomic E-state index is 0.739. The number of nitrogens with zero attached hydrogens (tertiary/aromatic N) is 2. The molecule has 2 aliphatic rings. The van der Waals surface area contributed by atoms with Crippen molar-refractivity contribution >= 4 is 0 Å². The summed E-state index contributed by atoms with van der Waals surface area (Å²) < 4.78 is 0. The molecule has 3 nitrogen and oxygen atoms in total. The molecule has 18 heavy (non-hydrogen) atoms. The Labute approximate surface area is 113 Å². The summed E-state index contributed by atoms with van der Waals surface area (Å²) in [5, 5.41) is 3.69. The molecule has 0 aromatic heterocycles. The van der Waals surface area contributed by atoms with Gasteiger partial charge < -0.3 is 10.2 Å². The summed E-state index contributed by atoms with van der Waals surface area (Å²) in [6, 6.07) is 2.28. The molecular weight excluding hydrogens is 222 g/mol. The van der Waals surface area contributed by atoms with Crippen LogP contribution in [0.1, 0.15) is 45.4 Å². The molecule has 106 valence electrons. The van der Waals surface area contributed by atoms with E-state index in [-0.39, 0.29) is 0 Å². The number of nitrogens with one attached hydrogen (secondary N) is 1. The highest BCUT2D eigenvalue weighted by Gasteiger charge is 2.26. The van der Waals surface area contributed by atoms with E-state index in [1.165, 1.54) is 58.2 Å². The second-order valence-electron chi connectivity index (χ2n) is 6.49. The van der Waals surface area contributed by atoms with Gasteiger partial charge in [0.15, 0.2) is 0 Å². The van der Waals surface area contributed by atoms with E-state index in [4.69, 9.17) is 0 Å². The molecule has 0 spiro atoms. The molecular formula is C15H31N3. The van der Waals surface area contributed by atoms with Crippen LogP contribution in [0.15, 0.2) is 0 Å². The maximum atomic E-state index is 3.69. The number of hydrogen-bond acceptors (Lipinski definition) is 3. The SMILES string of the molecule is CC(CC1CCCCN1)N1CCCC(N(C)C)C1. The van der Waals surface area contributed by atoms with Gasteiger partial charge in [0.2, 0.25) is 0 Å². The highest BCUT2D eigenvalue weighted by molar-refractivity contribution is 4.84. The van der Waals surface area contributed by atoms with Crippen molar-refractivity contribution in [2.75, 3.05) is 33.7 Å². The van der Waals surface area contributed by atoms with E-state index in [0.717, 1.165) is 18.1 Å². The summed E-state index contributed by atoms with van der Waals surface area (Å²) >= 11 is 0. The fraction of sp³-hybridized carbons (Fsp3) is 1.00. The van der Waals surface area contributed by atoms with Gasteiger partial charge in [-0.1, -0.05) is 6.42 Å². The van der Waals surface area contributed by atoms with Crippen molar-refractivity contribution in [3.63, 3.8) is 0 Å². The summed E-state index contributed by atoms with van der Waals surface area (Å²) in [7, 11) is 4.45. The van der Waals surface area contributed by atoms with Crippen LogP contribution in [0.3, 0.4) is 0 Å². The van der Waals surface area contributed by atoms with Gasteiger partial charge >= 0.3 is 0 Å². The van der Waals surface area contributed by atoms with Gasteiger partial charge in [-0.2, -0.15) is 0 Å². The summed E-state index contributed by atoms with van der Waals surface area (Å²) in [5.41, 5.74) is 0. The largest absolute Gasteiger partial charge is 0.314 e.